The summed E-state index contributed by atoms with van der Waals surface area (Å²) in [5, 5.41) is 11.6. The normalized spacial score (nSPS) is 15.6. The number of carboxylic acid groups (broad SMARTS) is 1. The van der Waals surface area contributed by atoms with E-state index in [1.165, 1.54) is 13.2 Å². The number of ether oxygens (including phenoxy) is 1. The lowest BCUT2D eigenvalue weighted by molar-refractivity contribution is -0.145. The van der Waals surface area contributed by atoms with Gasteiger partial charge in [-0.1, -0.05) is 0 Å². The Morgan fingerprint density at radius 3 is 2.65 bits per heavy atom. The topological polar surface area (TPSA) is 75.6 Å². The maximum Gasteiger partial charge on any atom is 0.310 e. The largest absolute Gasteiger partial charge is 0.494 e. The third-order valence-corrected chi connectivity index (χ3v) is 3.93. The van der Waals surface area contributed by atoms with Crippen LogP contribution in [0.3, 0.4) is 0 Å². The van der Waals surface area contributed by atoms with Crippen molar-refractivity contribution in [2.75, 3.05) is 12.4 Å². The molecule has 1 amide bonds. The molecule has 0 saturated heterocycles. The Hall–Kier alpha value is -1.63. The highest BCUT2D eigenvalue weighted by Gasteiger charge is 2.51. The molecule has 0 aromatic heterocycles. The molecular formula is C13H13BrFNO4. The number of nitrogens with one attached hydrogen (secondary N) is 1. The third-order valence-electron chi connectivity index (χ3n) is 3.32. The smallest absolute Gasteiger partial charge is 0.310 e. The first-order valence-corrected chi connectivity index (χ1v) is 6.73. The fraction of sp³-hybridized carbons (Fsp3) is 0.385. The molecule has 0 aliphatic heterocycles. The first kappa shape index (κ1) is 14.8. The molecule has 0 spiro atoms. The Bertz CT molecular complexity index is 572. The Morgan fingerprint density at radius 2 is 2.15 bits per heavy atom. The van der Waals surface area contributed by atoms with E-state index in [0.717, 1.165) is 6.07 Å². The van der Waals surface area contributed by atoms with Crippen LogP contribution < -0.4 is 10.1 Å². The van der Waals surface area contributed by atoms with Gasteiger partial charge >= 0.3 is 5.97 Å². The molecule has 108 valence electrons. The minimum Gasteiger partial charge on any atom is -0.494 e. The molecule has 1 aromatic carbocycles. The lowest BCUT2D eigenvalue weighted by atomic mass is 10.0. The summed E-state index contributed by atoms with van der Waals surface area (Å²) >= 11 is 3.02. The van der Waals surface area contributed by atoms with Crippen molar-refractivity contribution >= 4 is 33.5 Å². The minimum absolute atomic E-state index is 0.0967. The number of hydrogen-bond acceptors (Lipinski definition) is 3. The van der Waals surface area contributed by atoms with E-state index in [1.807, 2.05) is 0 Å². The summed E-state index contributed by atoms with van der Waals surface area (Å²) in [6, 6.07) is 2.52. The Labute approximate surface area is 123 Å². The first-order chi connectivity index (χ1) is 9.38. The van der Waals surface area contributed by atoms with E-state index in [9.17, 15) is 14.0 Å². The number of rotatable bonds is 5. The number of amides is 1. The summed E-state index contributed by atoms with van der Waals surface area (Å²) in [6.45, 7) is 0. The van der Waals surface area contributed by atoms with Crippen LogP contribution in [0.25, 0.3) is 0 Å². The molecule has 0 atom stereocenters. The van der Waals surface area contributed by atoms with Crippen molar-refractivity contribution < 1.29 is 23.8 Å². The summed E-state index contributed by atoms with van der Waals surface area (Å²) in [4.78, 5) is 22.9. The van der Waals surface area contributed by atoms with Crippen molar-refractivity contribution in [3.8, 4) is 5.75 Å². The molecule has 0 radical (unpaired) electrons. The number of aliphatic carboxylic acids is 1. The molecule has 2 N–H and O–H groups in total. The molecule has 0 unspecified atom stereocenters. The number of carbonyl (C=O) groups is 2. The molecule has 1 aliphatic carbocycles. The number of benzene rings is 1. The predicted molar refractivity (Wildman–Crippen MR) is 73.2 cm³/mol. The van der Waals surface area contributed by atoms with Gasteiger partial charge < -0.3 is 15.2 Å². The van der Waals surface area contributed by atoms with Crippen molar-refractivity contribution in [3.05, 3.63) is 22.4 Å². The summed E-state index contributed by atoms with van der Waals surface area (Å²) in [5.41, 5.74) is -0.638. The highest BCUT2D eigenvalue weighted by Crippen LogP contribution is 2.49. The lowest BCUT2D eigenvalue weighted by Gasteiger charge is -2.13. The van der Waals surface area contributed by atoms with Crippen LogP contribution >= 0.6 is 15.9 Å². The van der Waals surface area contributed by atoms with Crippen molar-refractivity contribution in [1.82, 2.24) is 0 Å². The number of carbonyl (C=O) groups excluding carboxylic acids is 1. The number of hydrogen-bond donors (Lipinski definition) is 2. The van der Waals surface area contributed by atoms with Crippen LogP contribution in [0.5, 0.6) is 5.75 Å². The van der Waals surface area contributed by atoms with Crippen LogP contribution in [0.2, 0.25) is 0 Å². The molecule has 2 rings (SSSR count). The van der Waals surface area contributed by atoms with Gasteiger partial charge in [0.25, 0.3) is 0 Å². The standard InChI is InChI=1S/C13H13BrFNO4/c1-20-10-5-8(15)7(14)4-9(10)16-11(17)6-13(2-3-13)12(18)19/h4-5H,2-3,6H2,1H3,(H,16,17)(H,18,19). The molecule has 1 fully saturated rings. The van der Waals surface area contributed by atoms with E-state index >= 15 is 0 Å². The number of carboxylic acids is 1. The van der Waals surface area contributed by atoms with Crippen LogP contribution in [-0.4, -0.2) is 24.1 Å². The van der Waals surface area contributed by atoms with Gasteiger partial charge in [0.1, 0.15) is 11.6 Å². The first-order valence-electron chi connectivity index (χ1n) is 5.94. The van der Waals surface area contributed by atoms with Gasteiger partial charge in [-0.15, -0.1) is 0 Å². The quantitative estimate of drug-likeness (QED) is 0.860. The fourth-order valence-electron chi connectivity index (χ4n) is 1.91. The van der Waals surface area contributed by atoms with Crippen LogP contribution in [-0.2, 0) is 9.59 Å². The van der Waals surface area contributed by atoms with E-state index in [0.29, 0.717) is 18.5 Å². The van der Waals surface area contributed by atoms with Gasteiger partial charge in [0.05, 0.1) is 22.7 Å². The zero-order valence-electron chi connectivity index (χ0n) is 10.7. The molecule has 5 nitrogen and oxygen atoms in total. The Balaban J connectivity index is 2.12. The van der Waals surface area contributed by atoms with E-state index < -0.39 is 23.1 Å². The average Bonchev–Trinajstić information content (AvgIpc) is 3.14. The maximum absolute atomic E-state index is 13.4. The Morgan fingerprint density at radius 1 is 1.50 bits per heavy atom. The zero-order chi connectivity index (χ0) is 14.9. The molecular weight excluding hydrogens is 333 g/mol. The van der Waals surface area contributed by atoms with Crippen molar-refractivity contribution in [3.63, 3.8) is 0 Å². The van der Waals surface area contributed by atoms with E-state index in [-0.39, 0.29) is 16.6 Å². The van der Waals surface area contributed by atoms with Crippen LogP contribution in [0.4, 0.5) is 10.1 Å². The molecule has 0 heterocycles. The molecule has 1 aromatic rings. The SMILES string of the molecule is COc1cc(F)c(Br)cc1NC(=O)CC1(C(=O)O)CC1. The fourth-order valence-corrected chi connectivity index (χ4v) is 2.26. The Kier molecular flexibility index (Phi) is 3.99. The molecule has 7 heteroatoms. The molecule has 20 heavy (non-hydrogen) atoms. The van der Waals surface area contributed by atoms with Gasteiger partial charge in [0.2, 0.25) is 5.91 Å². The van der Waals surface area contributed by atoms with E-state index in [2.05, 4.69) is 21.2 Å². The van der Waals surface area contributed by atoms with Gasteiger partial charge in [0.15, 0.2) is 0 Å². The van der Waals surface area contributed by atoms with Crippen molar-refractivity contribution in [2.24, 2.45) is 5.41 Å². The maximum atomic E-state index is 13.4. The molecule has 1 saturated carbocycles. The highest BCUT2D eigenvalue weighted by atomic mass is 79.9. The highest BCUT2D eigenvalue weighted by molar-refractivity contribution is 9.10. The van der Waals surface area contributed by atoms with Gasteiger partial charge in [0, 0.05) is 12.5 Å². The van der Waals surface area contributed by atoms with E-state index in [1.54, 1.807) is 0 Å². The summed E-state index contributed by atoms with van der Waals surface area (Å²) < 4.78 is 18.5. The number of anilines is 1. The lowest BCUT2D eigenvalue weighted by Crippen LogP contribution is -2.23. The van der Waals surface area contributed by atoms with Crippen LogP contribution in [0.1, 0.15) is 19.3 Å². The third kappa shape index (κ3) is 2.92. The molecule has 1 aliphatic rings. The second-order valence-electron chi connectivity index (χ2n) is 4.78. The van der Waals surface area contributed by atoms with Crippen LogP contribution in [0, 0.1) is 11.2 Å². The number of halogens is 2. The van der Waals surface area contributed by atoms with Gasteiger partial charge in [-0.05, 0) is 34.8 Å². The monoisotopic (exact) mass is 345 g/mol. The van der Waals surface area contributed by atoms with Crippen molar-refractivity contribution in [2.45, 2.75) is 19.3 Å². The second-order valence-corrected chi connectivity index (χ2v) is 5.63. The predicted octanol–water partition coefficient (Wildman–Crippen LogP) is 2.79. The second kappa shape index (κ2) is 5.40. The zero-order valence-corrected chi connectivity index (χ0v) is 12.3. The van der Waals surface area contributed by atoms with Crippen molar-refractivity contribution in [1.29, 1.82) is 0 Å². The van der Waals surface area contributed by atoms with E-state index in [4.69, 9.17) is 9.84 Å². The number of methoxy groups -OCH3 is 1. The van der Waals surface area contributed by atoms with Crippen LogP contribution in [0.15, 0.2) is 16.6 Å². The van der Waals surface area contributed by atoms with Gasteiger partial charge in [-0.2, -0.15) is 0 Å². The average molecular weight is 346 g/mol. The van der Waals surface area contributed by atoms with Gasteiger partial charge in [-0.25, -0.2) is 4.39 Å². The summed E-state index contributed by atoms with van der Waals surface area (Å²) in [6.07, 6.45) is 0.903. The summed E-state index contributed by atoms with van der Waals surface area (Å²) in [5.74, 6) is -1.72. The minimum atomic E-state index is -0.958. The molecule has 0 bridgehead atoms. The summed E-state index contributed by atoms with van der Waals surface area (Å²) in [7, 11) is 1.36. The van der Waals surface area contributed by atoms with Gasteiger partial charge in [-0.3, -0.25) is 9.59 Å².